The van der Waals surface area contributed by atoms with Crippen LogP contribution < -0.4 is 0 Å². The molecule has 0 unspecified atom stereocenters. The molecule has 1 aromatic carbocycles. The van der Waals surface area contributed by atoms with Gasteiger partial charge in [0.15, 0.2) is 0 Å². The lowest BCUT2D eigenvalue weighted by atomic mass is 10.0. The maximum Gasteiger partial charge on any atom is 0.00482 e. The van der Waals surface area contributed by atoms with Gasteiger partial charge in [-0.15, -0.1) is 11.3 Å². The van der Waals surface area contributed by atoms with Gasteiger partial charge in [-0.1, -0.05) is 24.3 Å². The second-order valence-corrected chi connectivity index (χ2v) is 6.14. The van der Waals surface area contributed by atoms with Crippen LogP contribution in [0.4, 0.5) is 0 Å². The average Bonchev–Trinajstić information content (AvgIpc) is 2.80. The van der Waals surface area contributed by atoms with Gasteiger partial charge in [0.05, 0.1) is 0 Å². The zero-order chi connectivity index (χ0) is 11.5. The smallest absolute Gasteiger partial charge is 0.00482 e. The fourth-order valence-corrected chi connectivity index (χ4v) is 3.60. The van der Waals surface area contributed by atoms with Crippen molar-refractivity contribution in [1.82, 2.24) is 0 Å². The molecule has 2 aliphatic rings. The van der Waals surface area contributed by atoms with E-state index in [-0.39, 0.29) is 0 Å². The summed E-state index contributed by atoms with van der Waals surface area (Å²) >= 11 is 2.02. The molecule has 0 saturated heterocycles. The first-order valence-electron chi connectivity index (χ1n) is 6.55. The summed E-state index contributed by atoms with van der Waals surface area (Å²) in [7, 11) is 0. The number of aryl methyl sites for hydroxylation is 4. The van der Waals surface area contributed by atoms with Crippen molar-refractivity contribution < 1.29 is 0 Å². The lowest BCUT2D eigenvalue weighted by molar-refractivity contribution is 0.820. The van der Waals surface area contributed by atoms with Crippen molar-refractivity contribution in [2.75, 3.05) is 0 Å². The third-order valence-corrected chi connectivity index (χ3v) is 4.72. The highest BCUT2D eigenvalue weighted by Gasteiger charge is 2.03. The van der Waals surface area contributed by atoms with E-state index in [1.54, 1.807) is 9.75 Å². The van der Waals surface area contributed by atoms with E-state index in [0.717, 1.165) is 0 Å². The molecule has 4 bridgehead atoms. The predicted molar refractivity (Wildman–Crippen MR) is 74.8 cm³/mol. The van der Waals surface area contributed by atoms with Crippen LogP contribution in [0.15, 0.2) is 36.4 Å². The van der Waals surface area contributed by atoms with Gasteiger partial charge >= 0.3 is 0 Å². The quantitative estimate of drug-likeness (QED) is 0.642. The largest absolute Gasteiger partial charge is 0.145 e. The topological polar surface area (TPSA) is 0 Å². The van der Waals surface area contributed by atoms with E-state index in [2.05, 4.69) is 36.4 Å². The minimum Gasteiger partial charge on any atom is -0.145 e. The summed E-state index contributed by atoms with van der Waals surface area (Å²) < 4.78 is 0. The predicted octanol–water partition coefficient (Wildman–Crippen LogP) is 4.41. The maximum absolute atomic E-state index is 2.33. The van der Waals surface area contributed by atoms with Crippen LogP contribution in [0.2, 0.25) is 0 Å². The van der Waals surface area contributed by atoms with Crippen LogP contribution in [0.5, 0.6) is 0 Å². The van der Waals surface area contributed by atoms with E-state index in [9.17, 15) is 0 Å². The average molecular weight is 242 g/mol. The summed E-state index contributed by atoms with van der Waals surface area (Å²) in [6.45, 7) is 0. The van der Waals surface area contributed by atoms with E-state index in [1.807, 2.05) is 11.3 Å². The summed E-state index contributed by atoms with van der Waals surface area (Å²) in [5.41, 5.74) is 2.98. The molecule has 0 radical (unpaired) electrons. The number of hydrogen-bond acceptors (Lipinski definition) is 1. The molecule has 4 rings (SSSR count). The molecule has 2 aromatic rings. The third-order valence-electron chi connectivity index (χ3n) is 3.52. The van der Waals surface area contributed by atoms with Crippen molar-refractivity contribution in [3.05, 3.63) is 57.3 Å². The summed E-state index contributed by atoms with van der Waals surface area (Å²) in [5, 5.41) is 0. The molecule has 1 heteroatoms. The van der Waals surface area contributed by atoms with Crippen LogP contribution in [0.25, 0.3) is 0 Å². The molecule has 0 aliphatic carbocycles. The fraction of sp³-hybridized carbons (Fsp3) is 0.375. The molecule has 17 heavy (non-hydrogen) atoms. The van der Waals surface area contributed by atoms with Gasteiger partial charge in [-0.2, -0.15) is 0 Å². The molecule has 1 aromatic heterocycles. The van der Waals surface area contributed by atoms with Crippen LogP contribution in [0.3, 0.4) is 0 Å². The van der Waals surface area contributed by atoms with Crippen molar-refractivity contribution in [1.29, 1.82) is 0 Å². The first kappa shape index (κ1) is 11.0. The normalized spacial score (nSPS) is 16.0. The third kappa shape index (κ3) is 2.78. The molecular formula is C16H18S. The van der Waals surface area contributed by atoms with Crippen molar-refractivity contribution in [3.8, 4) is 0 Å². The van der Waals surface area contributed by atoms with Crippen molar-refractivity contribution in [3.63, 3.8) is 0 Å². The minimum atomic E-state index is 1.22. The van der Waals surface area contributed by atoms with Crippen LogP contribution in [-0.2, 0) is 25.7 Å². The number of benzene rings is 1. The van der Waals surface area contributed by atoms with Gasteiger partial charge in [0.2, 0.25) is 0 Å². The molecule has 0 saturated carbocycles. The molecule has 0 amide bonds. The van der Waals surface area contributed by atoms with Crippen molar-refractivity contribution >= 4 is 11.3 Å². The Morgan fingerprint density at radius 2 is 1.06 bits per heavy atom. The van der Waals surface area contributed by atoms with Gasteiger partial charge in [0.25, 0.3) is 0 Å². The van der Waals surface area contributed by atoms with Crippen molar-refractivity contribution in [2.24, 2.45) is 0 Å². The highest BCUT2D eigenvalue weighted by molar-refractivity contribution is 7.11. The summed E-state index contributed by atoms with van der Waals surface area (Å²) in [6.07, 6.45) is 7.47. The van der Waals surface area contributed by atoms with E-state index < -0.39 is 0 Å². The molecule has 0 nitrogen and oxygen atoms in total. The van der Waals surface area contributed by atoms with Crippen LogP contribution >= 0.6 is 11.3 Å². The Kier molecular flexibility index (Phi) is 3.28. The van der Waals surface area contributed by atoms with Crippen LogP contribution in [0, 0.1) is 0 Å². The Morgan fingerprint density at radius 1 is 0.588 bits per heavy atom. The molecule has 0 N–H and O–H groups in total. The lowest BCUT2D eigenvalue weighted by Crippen LogP contribution is -1.90. The molecule has 0 atom stereocenters. The first-order chi connectivity index (χ1) is 8.40. The maximum atomic E-state index is 2.33. The second kappa shape index (κ2) is 5.05. The molecular weight excluding hydrogens is 224 g/mol. The standard InChI is InChI=1S/C16H18S/c1-3-13-7-9-14(10-8-13)4-2-6-16-12-11-15(5-1)17-16/h7-12H,1-6H2. The summed E-state index contributed by atoms with van der Waals surface area (Å²) in [4.78, 5) is 3.13. The minimum absolute atomic E-state index is 1.22. The van der Waals surface area contributed by atoms with Gasteiger partial charge in [0, 0.05) is 9.75 Å². The van der Waals surface area contributed by atoms with Gasteiger partial charge in [-0.25, -0.2) is 0 Å². The SMILES string of the molecule is c1cc2ccc1CCCc1ccc(s1)CCC2. The Labute approximate surface area is 107 Å². The summed E-state index contributed by atoms with van der Waals surface area (Å²) in [6, 6.07) is 13.9. The zero-order valence-electron chi connectivity index (χ0n) is 10.1. The van der Waals surface area contributed by atoms with Gasteiger partial charge in [-0.05, 0) is 61.8 Å². The fourth-order valence-electron chi connectivity index (χ4n) is 2.50. The Balaban J connectivity index is 1.81. The molecule has 0 spiro atoms. The van der Waals surface area contributed by atoms with Gasteiger partial charge in [-0.3, -0.25) is 0 Å². The van der Waals surface area contributed by atoms with Crippen LogP contribution in [0.1, 0.15) is 33.7 Å². The van der Waals surface area contributed by atoms with E-state index in [0.29, 0.717) is 0 Å². The molecule has 0 fully saturated rings. The monoisotopic (exact) mass is 242 g/mol. The Bertz CT molecular complexity index is 435. The van der Waals surface area contributed by atoms with Crippen LogP contribution in [-0.4, -0.2) is 0 Å². The van der Waals surface area contributed by atoms with Gasteiger partial charge < -0.3 is 0 Å². The van der Waals surface area contributed by atoms with E-state index in [1.165, 1.54) is 49.7 Å². The number of rotatable bonds is 0. The van der Waals surface area contributed by atoms with Gasteiger partial charge in [0.1, 0.15) is 0 Å². The molecule has 2 aliphatic heterocycles. The second-order valence-electron chi connectivity index (χ2n) is 4.89. The highest BCUT2D eigenvalue weighted by atomic mass is 32.1. The summed E-state index contributed by atoms with van der Waals surface area (Å²) in [5.74, 6) is 0. The number of hydrogen-bond donors (Lipinski definition) is 0. The Morgan fingerprint density at radius 3 is 1.53 bits per heavy atom. The lowest BCUT2D eigenvalue weighted by Gasteiger charge is -2.03. The molecule has 88 valence electrons. The highest BCUT2D eigenvalue weighted by Crippen LogP contribution is 2.22. The van der Waals surface area contributed by atoms with E-state index >= 15 is 0 Å². The van der Waals surface area contributed by atoms with E-state index in [4.69, 9.17) is 0 Å². The zero-order valence-corrected chi connectivity index (χ0v) is 10.9. The molecule has 3 heterocycles. The number of thiophene rings is 1. The van der Waals surface area contributed by atoms with Crippen molar-refractivity contribution in [2.45, 2.75) is 38.5 Å². The number of fused-ring (bicyclic) bond motifs is 6. The first-order valence-corrected chi connectivity index (χ1v) is 7.37. The Hall–Kier alpha value is -1.08.